The number of alkyl halides is 3. The fraction of sp³-hybridized carbons (Fsp3) is 0.385. The first kappa shape index (κ1) is 18.6. The molecular formula is C13H12F4N2O3S2. The average Bonchev–Trinajstić information content (AvgIpc) is 2.79. The first-order chi connectivity index (χ1) is 10.9. The third-order valence-electron chi connectivity index (χ3n) is 2.29. The molecule has 1 N–H and O–H groups in total. The number of hydrogen-bond acceptors (Lipinski definition) is 6. The van der Waals surface area contributed by atoms with Crippen molar-refractivity contribution in [1.82, 2.24) is 4.98 Å². The van der Waals surface area contributed by atoms with E-state index in [1.807, 2.05) is 0 Å². The van der Waals surface area contributed by atoms with E-state index < -0.39 is 35.1 Å². The van der Waals surface area contributed by atoms with Crippen molar-refractivity contribution in [3.8, 4) is 5.75 Å². The number of amides is 1. The number of hydrogen-bond donors (Lipinski definition) is 1. The highest BCUT2D eigenvalue weighted by molar-refractivity contribution is 7.95. The van der Waals surface area contributed by atoms with E-state index in [1.54, 1.807) is 20.8 Å². The lowest BCUT2D eigenvalue weighted by Crippen LogP contribution is -2.27. The van der Waals surface area contributed by atoms with Crippen LogP contribution in [0.3, 0.4) is 0 Å². The summed E-state index contributed by atoms with van der Waals surface area (Å²) in [6.07, 6.45) is -0.811. The van der Waals surface area contributed by atoms with Crippen LogP contribution in [0.2, 0.25) is 0 Å². The van der Waals surface area contributed by atoms with Gasteiger partial charge in [0.05, 0.1) is 4.70 Å². The molecule has 0 aliphatic carbocycles. The minimum Gasteiger partial charge on any atom is -0.444 e. The van der Waals surface area contributed by atoms with Crippen molar-refractivity contribution in [2.45, 2.75) is 31.9 Å². The predicted molar refractivity (Wildman–Crippen MR) is 83.7 cm³/mol. The Hall–Kier alpha value is -1.75. The SMILES string of the molecule is CC(C)(C)OC(=O)Nc1nc2c(OSC(F)(F)F)ccc(F)c2s1. The van der Waals surface area contributed by atoms with Crippen LogP contribution in [-0.4, -0.2) is 22.2 Å². The maximum atomic E-state index is 13.8. The second-order valence-corrected chi connectivity index (χ2v) is 7.28. The Bertz CT molecular complexity index is 756. The van der Waals surface area contributed by atoms with E-state index in [2.05, 4.69) is 14.5 Å². The molecule has 0 aliphatic heterocycles. The number of benzene rings is 1. The van der Waals surface area contributed by atoms with Gasteiger partial charge >= 0.3 is 11.6 Å². The quantitative estimate of drug-likeness (QED) is 0.573. The molecule has 2 rings (SSSR count). The van der Waals surface area contributed by atoms with Gasteiger partial charge in [-0.05, 0) is 32.9 Å². The number of halogens is 4. The maximum absolute atomic E-state index is 13.8. The van der Waals surface area contributed by atoms with E-state index in [0.29, 0.717) is 0 Å². The summed E-state index contributed by atoms with van der Waals surface area (Å²) >= 11 is 0.0257. The number of carbonyl (C=O) groups excluding carboxylic acids is 1. The smallest absolute Gasteiger partial charge is 0.444 e. The zero-order chi connectivity index (χ0) is 18.1. The molecule has 5 nitrogen and oxygen atoms in total. The Kier molecular flexibility index (Phi) is 5.14. The first-order valence-electron chi connectivity index (χ1n) is 6.46. The van der Waals surface area contributed by atoms with Crippen LogP contribution < -0.4 is 9.50 Å². The van der Waals surface area contributed by atoms with Gasteiger partial charge in [0.15, 0.2) is 22.9 Å². The topological polar surface area (TPSA) is 60.5 Å². The molecule has 1 aromatic heterocycles. The molecule has 0 saturated heterocycles. The van der Waals surface area contributed by atoms with E-state index >= 15 is 0 Å². The molecule has 0 fully saturated rings. The summed E-state index contributed by atoms with van der Waals surface area (Å²) in [5, 5.41) is 2.29. The average molecular weight is 384 g/mol. The Labute approximate surface area is 142 Å². The molecule has 1 amide bonds. The number of fused-ring (bicyclic) bond motifs is 1. The summed E-state index contributed by atoms with van der Waals surface area (Å²) in [5.74, 6) is -0.952. The second kappa shape index (κ2) is 6.63. The predicted octanol–water partition coefficient (Wildman–Crippen LogP) is 5.33. The standard InChI is InChI=1S/C13H12F4N2O3S2/c1-12(2,3)21-11(20)19-10-18-8-7(22-24-13(15,16)17)5-4-6(14)9(8)23-10/h4-5H,1-3H3,(H,18,19,20). The number of aromatic nitrogens is 1. The van der Waals surface area contributed by atoms with Crippen molar-refractivity contribution in [1.29, 1.82) is 0 Å². The molecule has 1 aromatic carbocycles. The van der Waals surface area contributed by atoms with Crippen LogP contribution in [0, 0.1) is 5.82 Å². The van der Waals surface area contributed by atoms with Gasteiger partial charge in [0.25, 0.3) is 0 Å². The zero-order valence-corrected chi connectivity index (χ0v) is 14.3. The lowest BCUT2D eigenvalue weighted by molar-refractivity contribution is -0.0369. The van der Waals surface area contributed by atoms with Crippen molar-refractivity contribution in [2.75, 3.05) is 5.32 Å². The van der Waals surface area contributed by atoms with E-state index in [9.17, 15) is 22.4 Å². The molecule has 0 bridgehead atoms. The van der Waals surface area contributed by atoms with Gasteiger partial charge in [-0.25, -0.2) is 14.2 Å². The van der Waals surface area contributed by atoms with Gasteiger partial charge in [0.2, 0.25) is 0 Å². The highest BCUT2D eigenvalue weighted by Crippen LogP contribution is 2.39. The molecule has 0 saturated carbocycles. The monoisotopic (exact) mass is 384 g/mol. The Morgan fingerprint density at radius 2 is 1.96 bits per heavy atom. The fourth-order valence-corrected chi connectivity index (χ4v) is 2.75. The van der Waals surface area contributed by atoms with Crippen LogP contribution in [0.5, 0.6) is 5.75 Å². The Morgan fingerprint density at radius 3 is 2.54 bits per heavy atom. The molecule has 0 atom stereocenters. The van der Waals surface area contributed by atoms with Gasteiger partial charge in [-0.1, -0.05) is 11.3 Å². The number of nitrogens with zero attached hydrogens (tertiary/aromatic N) is 1. The Morgan fingerprint density at radius 1 is 1.29 bits per heavy atom. The number of anilines is 1. The summed E-state index contributed by atoms with van der Waals surface area (Å²) in [6.45, 7) is 4.97. The minimum absolute atomic E-state index is 0.0220. The van der Waals surface area contributed by atoms with E-state index in [4.69, 9.17) is 4.74 Å². The first-order valence-corrected chi connectivity index (χ1v) is 8.02. The van der Waals surface area contributed by atoms with Crippen LogP contribution >= 0.6 is 23.4 Å². The van der Waals surface area contributed by atoms with Crippen molar-refractivity contribution < 1.29 is 31.3 Å². The van der Waals surface area contributed by atoms with Crippen LogP contribution in [-0.2, 0) is 4.74 Å². The molecule has 0 unspecified atom stereocenters. The number of carbonyl (C=O) groups is 1. The molecule has 1 heterocycles. The number of thiazole rings is 1. The van der Waals surface area contributed by atoms with Crippen molar-refractivity contribution >= 4 is 44.8 Å². The summed E-state index contributed by atoms with van der Waals surface area (Å²) in [5.41, 5.74) is -5.49. The zero-order valence-electron chi connectivity index (χ0n) is 12.7. The fourth-order valence-electron chi connectivity index (χ4n) is 1.56. The van der Waals surface area contributed by atoms with Gasteiger partial charge in [0, 0.05) is 0 Å². The number of rotatable bonds is 3. The molecule has 2 aromatic rings. The highest BCUT2D eigenvalue weighted by Gasteiger charge is 2.32. The summed E-state index contributed by atoms with van der Waals surface area (Å²) in [4.78, 5) is 15.6. The summed E-state index contributed by atoms with van der Waals surface area (Å²) < 4.78 is 60.0. The minimum atomic E-state index is -4.62. The summed E-state index contributed by atoms with van der Waals surface area (Å²) in [6, 6.07) is 2.00. The van der Waals surface area contributed by atoms with Crippen molar-refractivity contribution in [3.05, 3.63) is 17.9 Å². The molecule has 24 heavy (non-hydrogen) atoms. The van der Waals surface area contributed by atoms with Crippen LogP contribution in [0.15, 0.2) is 12.1 Å². The third kappa shape index (κ3) is 5.13. The largest absolute Gasteiger partial charge is 0.479 e. The van der Waals surface area contributed by atoms with E-state index in [0.717, 1.165) is 23.5 Å². The summed E-state index contributed by atoms with van der Waals surface area (Å²) in [7, 11) is 0. The molecular weight excluding hydrogens is 372 g/mol. The van der Waals surface area contributed by atoms with E-state index in [1.165, 1.54) is 0 Å². The molecule has 0 radical (unpaired) electrons. The molecule has 0 spiro atoms. The lowest BCUT2D eigenvalue weighted by Gasteiger charge is -2.18. The normalized spacial score (nSPS) is 12.3. The molecule has 11 heteroatoms. The van der Waals surface area contributed by atoms with Crippen LogP contribution in [0.25, 0.3) is 10.2 Å². The number of nitrogens with one attached hydrogen (secondary N) is 1. The molecule has 132 valence electrons. The van der Waals surface area contributed by atoms with Gasteiger partial charge in [-0.3, -0.25) is 5.32 Å². The van der Waals surface area contributed by atoms with Gasteiger partial charge in [-0.2, -0.15) is 13.2 Å². The van der Waals surface area contributed by atoms with Gasteiger partial charge in [-0.15, -0.1) is 0 Å². The third-order valence-corrected chi connectivity index (χ3v) is 3.72. The lowest BCUT2D eigenvalue weighted by atomic mass is 10.2. The Balaban J connectivity index is 2.25. The van der Waals surface area contributed by atoms with E-state index in [-0.39, 0.29) is 21.1 Å². The van der Waals surface area contributed by atoms with Crippen molar-refractivity contribution in [2.24, 2.45) is 0 Å². The highest BCUT2D eigenvalue weighted by atomic mass is 32.2. The number of ether oxygens (including phenoxy) is 1. The van der Waals surface area contributed by atoms with Crippen LogP contribution in [0.4, 0.5) is 27.5 Å². The van der Waals surface area contributed by atoms with Gasteiger partial charge < -0.3 is 8.92 Å². The molecule has 0 aliphatic rings. The van der Waals surface area contributed by atoms with Crippen molar-refractivity contribution in [3.63, 3.8) is 0 Å². The second-order valence-electron chi connectivity index (χ2n) is 5.48. The van der Waals surface area contributed by atoms with Gasteiger partial charge in [0.1, 0.15) is 16.9 Å². The maximum Gasteiger partial charge on any atom is 0.479 e. The van der Waals surface area contributed by atoms with Crippen LogP contribution in [0.1, 0.15) is 20.8 Å².